The number of anilines is 1. The van der Waals surface area contributed by atoms with Crippen LogP contribution in [0.1, 0.15) is 13.3 Å². The molecule has 0 bridgehead atoms. The number of ether oxygens (including phenoxy) is 1. The second-order valence-corrected chi connectivity index (χ2v) is 5.70. The molecule has 2 atom stereocenters. The Bertz CT molecular complexity index is 423. The maximum Gasteiger partial charge on any atom is 0.323 e. The molecule has 0 saturated carbocycles. The van der Waals surface area contributed by atoms with E-state index in [-0.39, 0.29) is 12.0 Å². The van der Waals surface area contributed by atoms with Crippen LogP contribution in [0.3, 0.4) is 0 Å². The monoisotopic (exact) mass is 267 g/mol. The van der Waals surface area contributed by atoms with Crippen LogP contribution in [0.5, 0.6) is 0 Å². The van der Waals surface area contributed by atoms with Crippen LogP contribution in [0.4, 0.5) is 5.13 Å². The van der Waals surface area contributed by atoms with E-state index in [4.69, 9.17) is 4.74 Å². The SMILES string of the molecule is C[C@H]1CN([C@H]2CCOC2=O)CCN1c1nccs1. The van der Waals surface area contributed by atoms with E-state index in [1.807, 2.05) is 11.6 Å². The summed E-state index contributed by atoms with van der Waals surface area (Å²) in [6.45, 7) is 5.50. The molecule has 2 aliphatic heterocycles. The van der Waals surface area contributed by atoms with Gasteiger partial charge in [-0.3, -0.25) is 9.69 Å². The first-order chi connectivity index (χ1) is 8.75. The Balaban J connectivity index is 1.66. The second-order valence-electron chi connectivity index (χ2n) is 4.82. The summed E-state index contributed by atoms with van der Waals surface area (Å²) in [5, 5.41) is 3.08. The minimum absolute atomic E-state index is 0.0223. The molecule has 98 valence electrons. The van der Waals surface area contributed by atoms with E-state index >= 15 is 0 Å². The predicted octanol–water partition coefficient (Wildman–Crippen LogP) is 0.969. The molecule has 5 nitrogen and oxygen atoms in total. The zero-order chi connectivity index (χ0) is 12.5. The molecule has 0 amide bonds. The third-order valence-corrected chi connectivity index (χ3v) is 4.48. The van der Waals surface area contributed by atoms with E-state index in [0.717, 1.165) is 31.2 Å². The Morgan fingerprint density at radius 3 is 3.00 bits per heavy atom. The standard InChI is InChI=1S/C12H17N3O2S/c1-9-8-14(10-2-6-17-11(10)16)4-5-15(9)12-13-3-7-18-12/h3,7,9-10H,2,4-6,8H2,1H3/t9-,10-/m0/s1. The van der Waals surface area contributed by atoms with Gasteiger partial charge in [-0.15, -0.1) is 11.3 Å². The van der Waals surface area contributed by atoms with Crippen molar-refractivity contribution in [1.82, 2.24) is 9.88 Å². The molecule has 6 heteroatoms. The topological polar surface area (TPSA) is 45.7 Å². The van der Waals surface area contributed by atoms with Gasteiger partial charge in [-0.1, -0.05) is 0 Å². The van der Waals surface area contributed by atoms with Gasteiger partial charge in [-0.25, -0.2) is 4.98 Å². The van der Waals surface area contributed by atoms with Gasteiger partial charge in [0.1, 0.15) is 6.04 Å². The van der Waals surface area contributed by atoms with Crippen LogP contribution in [0, 0.1) is 0 Å². The van der Waals surface area contributed by atoms with E-state index in [1.165, 1.54) is 0 Å². The van der Waals surface area contributed by atoms with Crippen molar-refractivity contribution in [2.45, 2.75) is 25.4 Å². The summed E-state index contributed by atoms with van der Waals surface area (Å²) in [6, 6.07) is 0.365. The number of hydrogen-bond acceptors (Lipinski definition) is 6. The molecule has 2 fully saturated rings. The molecule has 0 spiro atoms. The maximum atomic E-state index is 11.6. The van der Waals surface area contributed by atoms with Crippen molar-refractivity contribution in [3.8, 4) is 0 Å². The van der Waals surface area contributed by atoms with Crippen LogP contribution >= 0.6 is 11.3 Å². The number of cyclic esters (lactones) is 1. The fourth-order valence-corrected chi connectivity index (χ4v) is 3.50. The molecular formula is C12H17N3O2S. The van der Waals surface area contributed by atoms with Crippen molar-refractivity contribution in [3.63, 3.8) is 0 Å². The third kappa shape index (κ3) is 2.10. The number of nitrogens with zero attached hydrogens (tertiary/aromatic N) is 3. The molecule has 0 aliphatic carbocycles. The molecule has 2 saturated heterocycles. The van der Waals surface area contributed by atoms with E-state index < -0.39 is 0 Å². The summed E-state index contributed by atoms with van der Waals surface area (Å²) >= 11 is 1.67. The highest BCUT2D eigenvalue weighted by Crippen LogP contribution is 2.25. The van der Waals surface area contributed by atoms with E-state index in [0.29, 0.717) is 12.6 Å². The number of piperazine rings is 1. The van der Waals surface area contributed by atoms with Crippen LogP contribution in [0.25, 0.3) is 0 Å². The highest BCUT2D eigenvalue weighted by molar-refractivity contribution is 7.13. The molecule has 18 heavy (non-hydrogen) atoms. The quantitative estimate of drug-likeness (QED) is 0.747. The van der Waals surface area contributed by atoms with Crippen molar-refractivity contribution >= 4 is 22.4 Å². The minimum atomic E-state index is -0.0510. The average Bonchev–Trinajstić information content (AvgIpc) is 2.99. The Hall–Kier alpha value is -1.14. The Labute approximate surface area is 110 Å². The van der Waals surface area contributed by atoms with Gasteiger partial charge < -0.3 is 9.64 Å². The molecular weight excluding hydrogens is 250 g/mol. The van der Waals surface area contributed by atoms with E-state index in [9.17, 15) is 4.79 Å². The average molecular weight is 267 g/mol. The minimum Gasteiger partial charge on any atom is -0.464 e. The lowest BCUT2D eigenvalue weighted by molar-refractivity contribution is -0.142. The van der Waals surface area contributed by atoms with Crippen LogP contribution in [-0.2, 0) is 9.53 Å². The van der Waals surface area contributed by atoms with Crippen LogP contribution in [0.15, 0.2) is 11.6 Å². The normalized spacial score (nSPS) is 29.6. The fraction of sp³-hybridized carbons (Fsp3) is 0.667. The number of carbonyl (C=O) groups is 1. The smallest absolute Gasteiger partial charge is 0.323 e. The Morgan fingerprint density at radius 2 is 2.39 bits per heavy atom. The van der Waals surface area contributed by atoms with Crippen molar-refractivity contribution in [2.24, 2.45) is 0 Å². The molecule has 1 aromatic rings. The predicted molar refractivity (Wildman–Crippen MR) is 69.9 cm³/mol. The maximum absolute atomic E-state index is 11.6. The van der Waals surface area contributed by atoms with E-state index in [2.05, 4.69) is 21.7 Å². The first-order valence-corrected chi connectivity index (χ1v) is 7.20. The van der Waals surface area contributed by atoms with Crippen LogP contribution in [-0.4, -0.2) is 54.2 Å². The fourth-order valence-electron chi connectivity index (χ4n) is 2.73. The van der Waals surface area contributed by atoms with E-state index in [1.54, 1.807) is 11.3 Å². The number of carbonyl (C=O) groups excluding carboxylic acids is 1. The number of thiazole rings is 1. The largest absolute Gasteiger partial charge is 0.464 e. The lowest BCUT2D eigenvalue weighted by atomic mass is 10.1. The summed E-state index contributed by atoms with van der Waals surface area (Å²) in [7, 11) is 0. The zero-order valence-electron chi connectivity index (χ0n) is 10.4. The third-order valence-electron chi connectivity index (χ3n) is 3.67. The van der Waals surface area contributed by atoms with Crippen LogP contribution in [0.2, 0.25) is 0 Å². The lowest BCUT2D eigenvalue weighted by Crippen LogP contribution is -2.55. The molecule has 0 radical (unpaired) electrons. The molecule has 0 aromatic carbocycles. The second kappa shape index (κ2) is 4.85. The summed E-state index contributed by atoms with van der Waals surface area (Å²) in [4.78, 5) is 20.5. The van der Waals surface area contributed by atoms with Crippen LogP contribution < -0.4 is 4.90 Å². The summed E-state index contributed by atoms with van der Waals surface area (Å²) in [6.07, 6.45) is 2.68. The number of aromatic nitrogens is 1. The van der Waals surface area contributed by atoms with Gasteiger partial charge in [0.2, 0.25) is 0 Å². The van der Waals surface area contributed by atoms with Crippen molar-refractivity contribution in [1.29, 1.82) is 0 Å². The number of esters is 1. The summed E-state index contributed by atoms with van der Waals surface area (Å²) in [5.74, 6) is -0.0510. The van der Waals surface area contributed by atoms with Crippen molar-refractivity contribution in [3.05, 3.63) is 11.6 Å². The van der Waals surface area contributed by atoms with Gasteiger partial charge >= 0.3 is 5.97 Å². The van der Waals surface area contributed by atoms with Crippen molar-refractivity contribution < 1.29 is 9.53 Å². The Morgan fingerprint density at radius 1 is 1.50 bits per heavy atom. The van der Waals surface area contributed by atoms with Gasteiger partial charge in [0, 0.05) is 43.7 Å². The van der Waals surface area contributed by atoms with Gasteiger partial charge in [-0.05, 0) is 6.92 Å². The summed E-state index contributed by atoms with van der Waals surface area (Å²) in [5.41, 5.74) is 0. The van der Waals surface area contributed by atoms with Crippen molar-refractivity contribution in [2.75, 3.05) is 31.1 Å². The Kier molecular flexibility index (Phi) is 3.22. The molecule has 2 aliphatic rings. The lowest BCUT2D eigenvalue weighted by Gasteiger charge is -2.41. The number of hydrogen-bond donors (Lipinski definition) is 0. The van der Waals surface area contributed by atoms with Gasteiger partial charge in [0.25, 0.3) is 0 Å². The van der Waals surface area contributed by atoms with Gasteiger partial charge in [0.15, 0.2) is 5.13 Å². The summed E-state index contributed by atoms with van der Waals surface area (Å²) < 4.78 is 5.05. The highest BCUT2D eigenvalue weighted by Gasteiger charge is 2.36. The first-order valence-electron chi connectivity index (χ1n) is 6.32. The zero-order valence-corrected chi connectivity index (χ0v) is 11.2. The van der Waals surface area contributed by atoms with Gasteiger partial charge in [-0.2, -0.15) is 0 Å². The molecule has 0 unspecified atom stereocenters. The first kappa shape index (κ1) is 11.9. The van der Waals surface area contributed by atoms with Gasteiger partial charge in [0.05, 0.1) is 6.61 Å². The molecule has 3 rings (SSSR count). The molecule has 3 heterocycles. The number of rotatable bonds is 2. The highest BCUT2D eigenvalue weighted by atomic mass is 32.1. The molecule has 1 aromatic heterocycles. The molecule has 0 N–H and O–H groups in total.